The van der Waals surface area contributed by atoms with Crippen molar-refractivity contribution >= 4 is 34.1 Å². The molecular formula is C16H22BNO3S. The molecule has 1 aliphatic heterocycles. The van der Waals surface area contributed by atoms with E-state index in [1.807, 2.05) is 46.8 Å². The molecule has 0 amide bonds. The molecule has 6 heteroatoms. The topological polar surface area (TPSA) is 51.6 Å². The van der Waals surface area contributed by atoms with Crippen LogP contribution in [0.3, 0.4) is 0 Å². The molecule has 0 bridgehead atoms. The Bertz CT molecular complexity index is 682. The number of hydrogen-bond donors (Lipinski definition) is 1. The summed E-state index contributed by atoms with van der Waals surface area (Å²) < 4.78 is 13.3. The Morgan fingerprint density at radius 2 is 1.91 bits per heavy atom. The number of rotatable bonds is 3. The number of nitrogens with zero attached hydrogens (tertiary/aromatic N) is 1. The highest BCUT2D eigenvalue weighted by atomic mass is 32.1. The van der Waals surface area contributed by atoms with E-state index >= 15 is 0 Å². The summed E-state index contributed by atoms with van der Waals surface area (Å²) in [5, 5.41) is 10.1. The molecule has 2 aromatic heterocycles. The molecule has 1 aliphatic rings. The van der Waals surface area contributed by atoms with Crippen molar-refractivity contribution in [2.75, 3.05) is 0 Å². The van der Waals surface area contributed by atoms with Gasteiger partial charge >= 0.3 is 7.12 Å². The molecule has 3 rings (SSSR count). The molecule has 0 saturated carbocycles. The van der Waals surface area contributed by atoms with Crippen molar-refractivity contribution in [3.05, 3.63) is 23.2 Å². The van der Waals surface area contributed by atoms with Crippen molar-refractivity contribution in [2.45, 2.75) is 58.3 Å². The second-order valence-electron chi connectivity index (χ2n) is 6.78. The minimum absolute atomic E-state index is 0.365. The van der Waals surface area contributed by atoms with Crippen LogP contribution in [0, 0.1) is 0 Å². The molecule has 4 nitrogen and oxygen atoms in total. The van der Waals surface area contributed by atoms with Crippen molar-refractivity contribution in [1.82, 2.24) is 4.98 Å². The third-order valence-corrected chi connectivity index (χ3v) is 5.96. The van der Waals surface area contributed by atoms with Gasteiger partial charge in [0.25, 0.3) is 0 Å². The average molecular weight is 319 g/mol. The molecule has 22 heavy (non-hydrogen) atoms. The van der Waals surface area contributed by atoms with Crippen molar-refractivity contribution in [3.8, 4) is 0 Å². The van der Waals surface area contributed by atoms with Gasteiger partial charge in [0.15, 0.2) is 0 Å². The summed E-state index contributed by atoms with van der Waals surface area (Å²) in [6.07, 6.45) is 2.03. The van der Waals surface area contributed by atoms with Crippen LogP contribution < -0.4 is 5.46 Å². The fraction of sp³-hybridized carbons (Fsp3) is 0.562. The maximum atomic E-state index is 10.1. The predicted molar refractivity (Wildman–Crippen MR) is 90.6 cm³/mol. The molecular weight excluding hydrogens is 297 g/mol. The van der Waals surface area contributed by atoms with Gasteiger partial charge < -0.3 is 14.4 Å². The van der Waals surface area contributed by atoms with Gasteiger partial charge in [0.05, 0.1) is 27.5 Å². The fourth-order valence-electron chi connectivity index (χ4n) is 2.50. The zero-order valence-corrected chi connectivity index (χ0v) is 14.5. The van der Waals surface area contributed by atoms with Gasteiger partial charge in [0.2, 0.25) is 0 Å². The lowest BCUT2D eigenvalue weighted by molar-refractivity contribution is 0.00578. The van der Waals surface area contributed by atoms with E-state index in [2.05, 4.69) is 4.98 Å². The highest BCUT2D eigenvalue weighted by Crippen LogP contribution is 2.38. The Labute approximate surface area is 135 Å². The van der Waals surface area contributed by atoms with E-state index in [9.17, 15) is 5.11 Å². The molecule has 0 aliphatic carbocycles. The van der Waals surface area contributed by atoms with Gasteiger partial charge in [-0.15, -0.1) is 11.3 Å². The molecule has 1 N–H and O–H groups in total. The third-order valence-electron chi connectivity index (χ3n) is 4.68. The summed E-state index contributed by atoms with van der Waals surface area (Å²) in [6.45, 7) is 10.2. The summed E-state index contributed by atoms with van der Waals surface area (Å²) >= 11 is 1.57. The Balaban J connectivity index is 2.03. The Morgan fingerprint density at radius 3 is 2.50 bits per heavy atom. The second-order valence-corrected chi connectivity index (χ2v) is 7.86. The monoisotopic (exact) mass is 319 g/mol. The minimum atomic E-state index is -0.439. The van der Waals surface area contributed by atoms with E-state index in [4.69, 9.17) is 9.31 Å². The number of aromatic nitrogens is 1. The molecule has 1 unspecified atom stereocenters. The summed E-state index contributed by atoms with van der Waals surface area (Å²) in [5.41, 5.74) is 1.15. The van der Waals surface area contributed by atoms with Crippen LogP contribution in [0.5, 0.6) is 0 Å². The van der Waals surface area contributed by atoms with Gasteiger partial charge in [-0.25, -0.2) is 0 Å². The fourth-order valence-corrected chi connectivity index (χ4v) is 3.70. The molecule has 0 spiro atoms. The lowest BCUT2D eigenvalue weighted by Crippen LogP contribution is -2.41. The number of aliphatic hydroxyl groups excluding tert-OH is 1. The van der Waals surface area contributed by atoms with Crippen molar-refractivity contribution < 1.29 is 14.4 Å². The third kappa shape index (κ3) is 2.48. The van der Waals surface area contributed by atoms with E-state index in [1.165, 1.54) is 0 Å². The predicted octanol–water partition coefficient (Wildman–Crippen LogP) is 3.04. The first-order chi connectivity index (χ1) is 10.2. The van der Waals surface area contributed by atoms with Crippen LogP contribution in [0.15, 0.2) is 18.3 Å². The quantitative estimate of drug-likeness (QED) is 0.884. The number of hydrogen-bond acceptors (Lipinski definition) is 5. The van der Waals surface area contributed by atoms with E-state index < -0.39 is 13.2 Å². The first-order valence-corrected chi connectivity index (χ1v) is 8.49. The maximum absolute atomic E-state index is 10.1. The smallest absolute Gasteiger partial charge is 0.399 e. The Hall–Kier alpha value is -0.945. The van der Waals surface area contributed by atoms with Crippen LogP contribution >= 0.6 is 11.3 Å². The lowest BCUT2D eigenvalue weighted by atomic mass is 9.79. The first kappa shape index (κ1) is 15.9. The molecule has 1 fully saturated rings. The zero-order chi connectivity index (χ0) is 16.1. The highest BCUT2D eigenvalue weighted by Gasteiger charge is 2.52. The van der Waals surface area contributed by atoms with Gasteiger partial charge in [-0.3, -0.25) is 4.98 Å². The van der Waals surface area contributed by atoms with Gasteiger partial charge in [-0.1, -0.05) is 6.92 Å². The summed E-state index contributed by atoms with van der Waals surface area (Å²) in [5.74, 6) is 0. The van der Waals surface area contributed by atoms with E-state index in [-0.39, 0.29) is 11.2 Å². The average Bonchev–Trinajstić information content (AvgIpc) is 2.96. The molecule has 1 saturated heterocycles. The van der Waals surface area contributed by atoms with Gasteiger partial charge in [-0.2, -0.15) is 0 Å². The SMILES string of the molecule is CCC(O)c1cc2nccc(B3OC(C)(C)C(C)(C)O3)c2s1. The van der Waals surface area contributed by atoms with Crippen LogP contribution in [0.25, 0.3) is 10.2 Å². The molecule has 118 valence electrons. The molecule has 0 aromatic carbocycles. The normalized spacial score (nSPS) is 21.5. The Morgan fingerprint density at radius 1 is 1.27 bits per heavy atom. The van der Waals surface area contributed by atoms with Gasteiger partial charge in [0, 0.05) is 16.5 Å². The number of pyridine rings is 1. The highest BCUT2D eigenvalue weighted by molar-refractivity contribution is 7.20. The van der Waals surface area contributed by atoms with E-state index in [0.29, 0.717) is 6.42 Å². The summed E-state index contributed by atoms with van der Waals surface area (Å²) in [4.78, 5) is 5.35. The summed E-state index contributed by atoms with van der Waals surface area (Å²) in [7, 11) is -0.402. The number of fused-ring (bicyclic) bond motifs is 1. The largest absolute Gasteiger partial charge is 0.496 e. The minimum Gasteiger partial charge on any atom is -0.399 e. The van der Waals surface area contributed by atoms with Gasteiger partial charge in [-0.05, 0) is 46.2 Å². The van der Waals surface area contributed by atoms with Crippen LogP contribution in [0.2, 0.25) is 0 Å². The van der Waals surface area contributed by atoms with Crippen LogP contribution in [-0.4, -0.2) is 28.4 Å². The summed E-state index contributed by atoms with van der Waals surface area (Å²) in [6, 6.07) is 3.91. The maximum Gasteiger partial charge on any atom is 0.496 e. The molecule has 1 atom stereocenters. The molecule has 2 aromatic rings. The van der Waals surface area contributed by atoms with Crippen molar-refractivity contribution in [2.24, 2.45) is 0 Å². The molecule has 0 radical (unpaired) electrons. The second kappa shape index (κ2) is 5.30. The van der Waals surface area contributed by atoms with Crippen LogP contribution in [0.4, 0.5) is 0 Å². The lowest BCUT2D eigenvalue weighted by Gasteiger charge is -2.32. The van der Waals surface area contributed by atoms with Crippen molar-refractivity contribution in [1.29, 1.82) is 0 Å². The van der Waals surface area contributed by atoms with Gasteiger partial charge in [0.1, 0.15) is 0 Å². The van der Waals surface area contributed by atoms with Crippen molar-refractivity contribution in [3.63, 3.8) is 0 Å². The van der Waals surface area contributed by atoms with E-state index in [0.717, 1.165) is 20.6 Å². The number of thiophene rings is 1. The molecule has 3 heterocycles. The standard InChI is InChI=1S/C16H22BNO3S/c1-6-12(19)13-9-11-14(22-13)10(7-8-18-11)17-20-15(2,3)16(4,5)21-17/h7-9,12,19H,6H2,1-5H3. The van der Waals surface area contributed by atoms with Crippen LogP contribution in [0.1, 0.15) is 52.0 Å². The number of aliphatic hydroxyl groups is 1. The van der Waals surface area contributed by atoms with E-state index in [1.54, 1.807) is 17.5 Å². The zero-order valence-electron chi connectivity index (χ0n) is 13.7. The first-order valence-electron chi connectivity index (χ1n) is 7.67. The van der Waals surface area contributed by atoms with Crippen LogP contribution in [-0.2, 0) is 9.31 Å². The Kier molecular flexibility index (Phi) is 3.84.